The molecule has 0 aromatic heterocycles. The number of benzene rings is 1. The van der Waals surface area contributed by atoms with Crippen LogP contribution in [0.2, 0.25) is 0 Å². The summed E-state index contributed by atoms with van der Waals surface area (Å²) in [6.45, 7) is 5.91. The molecule has 0 saturated heterocycles. The highest BCUT2D eigenvalue weighted by Crippen LogP contribution is 2.28. The predicted octanol–water partition coefficient (Wildman–Crippen LogP) is 2.30. The third-order valence-corrected chi connectivity index (χ3v) is 4.41. The van der Waals surface area contributed by atoms with Gasteiger partial charge in [-0.05, 0) is 32.9 Å². The first-order valence-electron chi connectivity index (χ1n) is 6.06. The van der Waals surface area contributed by atoms with E-state index in [0.29, 0.717) is 17.1 Å². The summed E-state index contributed by atoms with van der Waals surface area (Å²) in [4.78, 5) is 12.6. The minimum Gasteiger partial charge on any atom is -0.428 e. The number of cyclic esters (lactones) is 1. The van der Waals surface area contributed by atoms with E-state index in [-0.39, 0.29) is 4.91 Å². The van der Waals surface area contributed by atoms with Gasteiger partial charge >= 0.3 is 5.97 Å². The minimum atomic E-state index is -1.53. The van der Waals surface area contributed by atoms with Crippen molar-refractivity contribution < 1.29 is 18.5 Å². The molecule has 19 heavy (non-hydrogen) atoms. The Hall–Kier alpha value is -1.46. The van der Waals surface area contributed by atoms with Crippen LogP contribution in [0.1, 0.15) is 19.4 Å². The molecule has 0 amide bonds. The van der Waals surface area contributed by atoms with Crippen molar-refractivity contribution in [2.75, 3.05) is 6.61 Å². The van der Waals surface area contributed by atoms with E-state index in [1.54, 1.807) is 19.1 Å². The maximum atomic E-state index is 12.4. The molecule has 102 valence electrons. The molecule has 5 heteroatoms. The van der Waals surface area contributed by atoms with Crippen LogP contribution in [0.25, 0.3) is 0 Å². The van der Waals surface area contributed by atoms with Crippen LogP contribution in [0.15, 0.2) is 39.6 Å². The lowest BCUT2D eigenvalue weighted by Crippen LogP contribution is -2.14. The summed E-state index contributed by atoms with van der Waals surface area (Å²) in [5, 5.41) is 0. The van der Waals surface area contributed by atoms with Gasteiger partial charge in [0.05, 0.1) is 10.8 Å². The normalized spacial score (nSPS) is 20.6. The first-order valence-corrected chi connectivity index (χ1v) is 7.21. The van der Waals surface area contributed by atoms with Crippen molar-refractivity contribution in [3.8, 4) is 0 Å². The Morgan fingerprint density at radius 3 is 2.47 bits per heavy atom. The molecule has 0 aliphatic carbocycles. The number of hydrogen-bond donors (Lipinski definition) is 0. The standard InChI is InChI=1S/C14H16O4S/c1-4-17-14-10(3)12(13(15)18-14)19(16)11-7-5-9(2)6-8-11/h5-8,14H,4H2,1-3H3/t14-,19+/m1/s1. The van der Waals surface area contributed by atoms with Crippen molar-refractivity contribution in [1.29, 1.82) is 0 Å². The Bertz CT molecular complexity index is 545. The van der Waals surface area contributed by atoms with Gasteiger partial charge in [0, 0.05) is 17.1 Å². The van der Waals surface area contributed by atoms with Gasteiger partial charge in [0.25, 0.3) is 0 Å². The maximum Gasteiger partial charge on any atom is 0.350 e. The van der Waals surface area contributed by atoms with E-state index >= 15 is 0 Å². The van der Waals surface area contributed by atoms with E-state index in [1.165, 1.54) is 0 Å². The third kappa shape index (κ3) is 2.77. The lowest BCUT2D eigenvalue weighted by molar-refractivity contribution is -0.158. The zero-order chi connectivity index (χ0) is 14.0. The average Bonchev–Trinajstić information content (AvgIpc) is 2.65. The lowest BCUT2D eigenvalue weighted by Gasteiger charge is -2.09. The van der Waals surface area contributed by atoms with Gasteiger partial charge in [-0.2, -0.15) is 0 Å². The minimum absolute atomic E-state index is 0.197. The fourth-order valence-corrected chi connectivity index (χ4v) is 3.03. The number of rotatable bonds is 4. The van der Waals surface area contributed by atoms with Crippen LogP contribution in [-0.4, -0.2) is 23.1 Å². The number of esters is 1. The van der Waals surface area contributed by atoms with Crippen molar-refractivity contribution in [3.63, 3.8) is 0 Å². The van der Waals surface area contributed by atoms with Gasteiger partial charge in [-0.3, -0.25) is 0 Å². The first kappa shape index (κ1) is 14.0. The second kappa shape index (κ2) is 5.67. The Morgan fingerprint density at radius 2 is 1.89 bits per heavy atom. The van der Waals surface area contributed by atoms with E-state index in [1.807, 2.05) is 26.0 Å². The fourth-order valence-electron chi connectivity index (χ4n) is 1.82. The van der Waals surface area contributed by atoms with Gasteiger partial charge in [0.1, 0.15) is 4.91 Å². The fraction of sp³-hybridized carbons (Fsp3) is 0.357. The highest BCUT2D eigenvalue weighted by molar-refractivity contribution is 7.90. The molecule has 1 aromatic rings. The molecule has 0 bridgehead atoms. The molecule has 2 rings (SSSR count). The average molecular weight is 280 g/mol. The summed E-state index contributed by atoms with van der Waals surface area (Å²) in [6, 6.07) is 7.24. The van der Waals surface area contributed by atoms with Crippen molar-refractivity contribution in [1.82, 2.24) is 0 Å². The van der Waals surface area contributed by atoms with Crippen LogP contribution in [0.4, 0.5) is 0 Å². The topological polar surface area (TPSA) is 52.6 Å². The zero-order valence-corrected chi connectivity index (χ0v) is 12.0. The van der Waals surface area contributed by atoms with E-state index in [9.17, 15) is 9.00 Å². The van der Waals surface area contributed by atoms with Crippen molar-refractivity contribution in [3.05, 3.63) is 40.3 Å². The van der Waals surface area contributed by atoms with Crippen LogP contribution >= 0.6 is 0 Å². The first-order chi connectivity index (χ1) is 9.04. The van der Waals surface area contributed by atoms with Gasteiger partial charge in [-0.15, -0.1) is 0 Å². The second-order valence-electron chi connectivity index (χ2n) is 4.29. The third-order valence-electron chi connectivity index (χ3n) is 2.85. The van der Waals surface area contributed by atoms with E-state index in [4.69, 9.17) is 9.47 Å². The van der Waals surface area contributed by atoms with Gasteiger partial charge in [-0.25, -0.2) is 9.00 Å². The van der Waals surface area contributed by atoms with Gasteiger partial charge in [0.15, 0.2) is 0 Å². The second-order valence-corrected chi connectivity index (χ2v) is 5.70. The van der Waals surface area contributed by atoms with Crippen LogP contribution in [0.3, 0.4) is 0 Å². The van der Waals surface area contributed by atoms with Crippen molar-refractivity contribution in [2.24, 2.45) is 0 Å². The predicted molar refractivity (Wildman–Crippen MR) is 71.8 cm³/mol. The summed E-state index contributed by atoms with van der Waals surface area (Å²) in [6.07, 6.45) is -0.707. The molecule has 1 aromatic carbocycles. The van der Waals surface area contributed by atoms with Crippen molar-refractivity contribution >= 4 is 16.8 Å². The van der Waals surface area contributed by atoms with E-state index < -0.39 is 23.1 Å². The molecular weight excluding hydrogens is 264 g/mol. The number of hydrogen-bond acceptors (Lipinski definition) is 4. The largest absolute Gasteiger partial charge is 0.428 e. The summed E-state index contributed by atoms with van der Waals surface area (Å²) in [7, 11) is -1.53. The lowest BCUT2D eigenvalue weighted by atomic mass is 10.2. The summed E-state index contributed by atoms with van der Waals surface area (Å²) >= 11 is 0. The maximum absolute atomic E-state index is 12.4. The molecule has 0 N–H and O–H groups in total. The van der Waals surface area contributed by atoms with E-state index in [2.05, 4.69) is 0 Å². The van der Waals surface area contributed by atoms with Crippen LogP contribution < -0.4 is 0 Å². The zero-order valence-electron chi connectivity index (χ0n) is 11.1. The monoisotopic (exact) mass is 280 g/mol. The molecule has 0 unspecified atom stereocenters. The Labute approximate surface area is 114 Å². The van der Waals surface area contributed by atoms with Gasteiger partial charge in [-0.1, -0.05) is 17.7 Å². The molecule has 1 aliphatic heterocycles. The summed E-state index contributed by atoms with van der Waals surface area (Å²) in [5.74, 6) is -0.560. The number of carbonyl (C=O) groups is 1. The smallest absolute Gasteiger partial charge is 0.350 e. The molecular formula is C14H16O4S. The van der Waals surface area contributed by atoms with Crippen molar-refractivity contribution in [2.45, 2.75) is 32.0 Å². The van der Waals surface area contributed by atoms with Crippen LogP contribution in [0.5, 0.6) is 0 Å². The molecule has 1 aliphatic rings. The Balaban J connectivity index is 2.32. The molecule has 0 radical (unpaired) electrons. The molecule has 0 saturated carbocycles. The molecule has 0 spiro atoms. The quantitative estimate of drug-likeness (QED) is 0.794. The molecule has 4 nitrogen and oxygen atoms in total. The van der Waals surface area contributed by atoms with Gasteiger partial charge < -0.3 is 9.47 Å². The molecule has 0 fully saturated rings. The number of aryl methyl sites for hydroxylation is 1. The highest BCUT2D eigenvalue weighted by atomic mass is 32.2. The SMILES string of the molecule is CCO[C@@H]1OC(=O)C([S@@](=O)c2ccc(C)cc2)=C1C. The van der Waals surface area contributed by atoms with Crippen LogP contribution in [0, 0.1) is 6.92 Å². The number of ether oxygens (including phenoxy) is 2. The van der Waals surface area contributed by atoms with Gasteiger partial charge in [0.2, 0.25) is 6.29 Å². The molecule has 1 heterocycles. The summed E-state index contributed by atoms with van der Waals surface area (Å²) < 4.78 is 22.8. The Morgan fingerprint density at radius 1 is 1.26 bits per heavy atom. The van der Waals surface area contributed by atoms with E-state index in [0.717, 1.165) is 5.56 Å². The Kier molecular flexibility index (Phi) is 4.17. The van der Waals surface area contributed by atoms with Crippen LogP contribution in [-0.2, 0) is 25.1 Å². The molecule has 2 atom stereocenters. The highest BCUT2D eigenvalue weighted by Gasteiger charge is 2.35. The number of carbonyl (C=O) groups excluding carboxylic acids is 1. The summed E-state index contributed by atoms with van der Waals surface area (Å²) in [5.41, 5.74) is 1.67.